The molecule has 2 aromatic rings. The smallest absolute Gasteiger partial charge is 0.251 e. The van der Waals surface area contributed by atoms with Gasteiger partial charge >= 0.3 is 0 Å². The van der Waals surface area contributed by atoms with Crippen LogP contribution in [0.25, 0.3) is 0 Å². The number of carbonyl (C=O) groups is 1. The molecule has 0 atom stereocenters. The molecule has 4 nitrogen and oxygen atoms in total. The number of nitrogens with one attached hydrogen (secondary N) is 1. The Bertz CT molecular complexity index is 608. The molecule has 1 amide bonds. The zero-order chi connectivity index (χ0) is 15.8. The van der Waals surface area contributed by atoms with E-state index in [1.165, 1.54) is 0 Å². The maximum atomic E-state index is 12.2. The third-order valence-corrected chi connectivity index (χ3v) is 3.37. The maximum absolute atomic E-state index is 12.2. The van der Waals surface area contributed by atoms with Crippen LogP contribution in [0.15, 0.2) is 48.5 Å². The molecule has 0 heterocycles. The Kier molecular flexibility index (Phi) is 5.98. The van der Waals surface area contributed by atoms with E-state index in [1.807, 2.05) is 31.2 Å². The van der Waals surface area contributed by atoms with Crippen LogP contribution in [0.2, 0.25) is 0 Å². The van der Waals surface area contributed by atoms with E-state index in [2.05, 4.69) is 5.32 Å². The summed E-state index contributed by atoms with van der Waals surface area (Å²) in [5, 5.41) is 2.93. The molecule has 0 fully saturated rings. The summed E-state index contributed by atoms with van der Waals surface area (Å²) in [6, 6.07) is 15.0. The number of ether oxygens (including phenoxy) is 2. The molecule has 0 unspecified atom stereocenters. The Balaban J connectivity index is 1.98. The zero-order valence-corrected chi connectivity index (χ0v) is 13.0. The number of hydrogen-bond donors (Lipinski definition) is 1. The number of methoxy groups -OCH3 is 1. The fourth-order valence-electron chi connectivity index (χ4n) is 2.10. The maximum Gasteiger partial charge on any atom is 0.251 e. The summed E-state index contributed by atoms with van der Waals surface area (Å²) in [4.78, 5) is 12.2. The normalized spacial score (nSPS) is 10.3. The van der Waals surface area contributed by atoms with Crippen LogP contribution in [0.4, 0.5) is 0 Å². The van der Waals surface area contributed by atoms with E-state index >= 15 is 0 Å². The summed E-state index contributed by atoms with van der Waals surface area (Å²) in [5.41, 5.74) is 2.78. The van der Waals surface area contributed by atoms with Crippen LogP contribution in [0.3, 0.4) is 0 Å². The van der Waals surface area contributed by atoms with Gasteiger partial charge in [-0.15, -0.1) is 0 Å². The van der Waals surface area contributed by atoms with Gasteiger partial charge in [-0.05, 0) is 42.3 Å². The summed E-state index contributed by atoms with van der Waals surface area (Å²) in [6.45, 7) is 3.68. The van der Waals surface area contributed by atoms with Crippen molar-refractivity contribution < 1.29 is 14.3 Å². The lowest BCUT2D eigenvalue weighted by molar-refractivity contribution is 0.0949. The quantitative estimate of drug-likeness (QED) is 0.854. The summed E-state index contributed by atoms with van der Waals surface area (Å²) in [6.07, 6.45) is 0. The van der Waals surface area contributed by atoms with Crippen molar-refractivity contribution in [1.29, 1.82) is 0 Å². The van der Waals surface area contributed by atoms with Gasteiger partial charge in [0.05, 0.1) is 13.7 Å². The average molecular weight is 299 g/mol. The monoisotopic (exact) mass is 299 g/mol. The third-order valence-electron chi connectivity index (χ3n) is 3.37. The Morgan fingerprint density at radius 3 is 2.36 bits per heavy atom. The van der Waals surface area contributed by atoms with Gasteiger partial charge in [0.25, 0.3) is 5.91 Å². The van der Waals surface area contributed by atoms with Crippen molar-refractivity contribution in [3.8, 4) is 5.75 Å². The first-order chi connectivity index (χ1) is 10.7. The number of benzene rings is 2. The van der Waals surface area contributed by atoms with Gasteiger partial charge in [0.1, 0.15) is 5.75 Å². The standard InChI is InChI=1S/C18H21NO3/c1-3-22-13-16-7-5-4-6-15(16)12-19-18(20)14-8-10-17(21-2)11-9-14/h4-11H,3,12-13H2,1-2H3,(H,19,20). The fourth-order valence-corrected chi connectivity index (χ4v) is 2.10. The van der Waals surface area contributed by atoms with Gasteiger partial charge < -0.3 is 14.8 Å². The SMILES string of the molecule is CCOCc1ccccc1CNC(=O)c1ccc(OC)cc1. The first-order valence-electron chi connectivity index (χ1n) is 7.31. The molecule has 116 valence electrons. The van der Waals surface area contributed by atoms with Crippen LogP contribution >= 0.6 is 0 Å². The second kappa shape index (κ2) is 8.20. The van der Waals surface area contributed by atoms with Crippen LogP contribution in [-0.2, 0) is 17.9 Å². The Morgan fingerprint density at radius 1 is 1.05 bits per heavy atom. The summed E-state index contributed by atoms with van der Waals surface area (Å²) in [5.74, 6) is 0.632. The van der Waals surface area contributed by atoms with Gasteiger partial charge in [-0.1, -0.05) is 24.3 Å². The molecular formula is C18H21NO3. The lowest BCUT2D eigenvalue weighted by Gasteiger charge is -2.11. The van der Waals surface area contributed by atoms with E-state index in [0.29, 0.717) is 25.3 Å². The van der Waals surface area contributed by atoms with Gasteiger partial charge in [0.15, 0.2) is 0 Å². The molecule has 0 radical (unpaired) electrons. The molecule has 2 rings (SSSR count). The minimum absolute atomic E-state index is 0.103. The molecule has 1 N–H and O–H groups in total. The molecule has 22 heavy (non-hydrogen) atoms. The van der Waals surface area contributed by atoms with E-state index < -0.39 is 0 Å². The van der Waals surface area contributed by atoms with Gasteiger partial charge in [0.2, 0.25) is 0 Å². The molecule has 2 aromatic carbocycles. The van der Waals surface area contributed by atoms with E-state index in [9.17, 15) is 4.79 Å². The molecule has 0 aliphatic rings. The van der Waals surface area contributed by atoms with Crippen molar-refractivity contribution in [1.82, 2.24) is 5.32 Å². The summed E-state index contributed by atoms with van der Waals surface area (Å²) < 4.78 is 10.5. The fraction of sp³-hybridized carbons (Fsp3) is 0.278. The van der Waals surface area contributed by atoms with E-state index in [-0.39, 0.29) is 5.91 Å². The lowest BCUT2D eigenvalue weighted by atomic mass is 10.1. The minimum atomic E-state index is -0.103. The molecule has 4 heteroatoms. The highest BCUT2D eigenvalue weighted by Gasteiger charge is 2.07. The first-order valence-corrected chi connectivity index (χ1v) is 7.31. The molecule has 0 spiro atoms. The molecular weight excluding hydrogens is 278 g/mol. The van der Waals surface area contributed by atoms with Gasteiger partial charge in [-0.2, -0.15) is 0 Å². The molecule has 0 bridgehead atoms. The van der Waals surface area contributed by atoms with Crippen molar-refractivity contribution in [2.24, 2.45) is 0 Å². The molecule has 0 saturated heterocycles. The van der Waals surface area contributed by atoms with Crippen molar-refractivity contribution in [3.63, 3.8) is 0 Å². The molecule has 0 aromatic heterocycles. The third kappa shape index (κ3) is 4.33. The van der Waals surface area contributed by atoms with Gasteiger partial charge in [-0.3, -0.25) is 4.79 Å². The second-order valence-corrected chi connectivity index (χ2v) is 4.82. The van der Waals surface area contributed by atoms with E-state index in [1.54, 1.807) is 31.4 Å². The van der Waals surface area contributed by atoms with Gasteiger partial charge in [0, 0.05) is 18.7 Å². The Hall–Kier alpha value is -2.33. The Morgan fingerprint density at radius 2 is 1.73 bits per heavy atom. The van der Waals surface area contributed by atoms with Crippen LogP contribution in [-0.4, -0.2) is 19.6 Å². The largest absolute Gasteiger partial charge is 0.497 e. The van der Waals surface area contributed by atoms with Crippen molar-refractivity contribution >= 4 is 5.91 Å². The Labute approximate surface area is 131 Å². The molecule has 0 aliphatic carbocycles. The number of hydrogen-bond acceptors (Lipinski definition) is 3. The van der Waals surface area contributed by atoms with Crippen molar-refractivity contribution in [2.45, 2.75) is 20.1 Å². The summed E-state index contributed by atoms with van der Waals surface area (Å²) in [7, 11) is 1.60. The van der Waals surface area contributed by atoms with Crippen LogP contribution in [0.1, 0.15) is 28.4 Å². The minimum Gasteiger partial charge on any atom is -0.497 e. The highest BCUT2D eigenvalue weighted by atomic mass is 16.5. The predicted octanol–water partition coefficient (Wildman–Crippen LogP) is 3.16. The average Bonchev–Trinajstić information content (AvgIpc) is 2.58. The zero-order valence-electron chi connectivity index (χ0n) is 13.0. The number of amides is 1. The lowest BCUT2D eigenvalue weighted by Crippen LogP contribution is -2.23. The topological polar surface area (TPSA) is 47.6 Å². The van der Waals surface area contributed by atoms with E-state index in [0.717, 1.165) is 16.9 Å². The van der Waals surface area contributed by atoms with Crippen LogP contribution < -0.4 is 10.1 Å². The van der Waals surface area contributed by atoms with Crippen molar-refractivity contribution in [3.05, 3.63) is 65.2 Å². The number of rotatable bonds is 7. The van der Waals surface area contributed by atoms with Crippen LogP contribution in [0.5, 0.6) is 5.75 Å². The number of carbonyl (C=O) groups excluding carboxylic acids is 1. The molecule has 0 saturated carbocycles. The predicted molar refractivity (Wildman–Crippen MR) is 85.9 cm³/mol. The molecule has 0 aliphatic heterocycles. The summed E-state index contributed by atoms with van der Waals surface area (Å²) >= 11 is 0. The van der Waals surface area contributed by atoms with E-state index in [4.69, 9.17) is 9.47 Å². The van der Waals surface area contributed by atoms with Crippen molar-refractivity contribution in [2.75, 3.05) is 13.7 Å². The highest BCUT2D eigenvalue weighted by molar-refractivity contribution is 5.94. The first kappa shape index (κ1) is 16.0. The highest BCUT2D eigenvalue weighted by Crippen LogP contribution is 2.13. The van der Waals surface area contributed by atoms with Gasteiger partial charge in [-0.25, -0.2) is 0 Å². The van der Waals surface area contributed by atoms with Crippen LogP contribution in [0, 0.1) is 0 Å². The second-order valence-electron chi connectivity index (χ2n) is 4.82.